The largest absolute Gasteiger partial charge is 0.411 e. The lowest BCUT2D eigenvalue weighted by atomic mass is 9.93. The number of nitrogens with zero attached hydrogens (tertiary/aromatic N) is 4. The van der Waals surface area contributed by atoms with Crippen molar-refractivity contribution in [3.05, 3.63) is 65.1 Å². The molecule has 0 saturated heterocycles. The zero-order valence-electron chi connectivity index (χ0n) is 17.3. The monoisotopic (exact) mass is 402 g/mol. The van der Waals surface area contributed by atoms with Crippen LogP contribution in [0.15, 0.2) is 47.6 Å². The second-order valence-electron chi connectivity index (χ2n) is 8.27. The highest BCUT2D eigenvalue weighted by molar-refractivity contribution is 6.06. The molecule has 2 aromatic carbocycles. The summed E-state index contributed by atoms with van der Waals surface area (Å²) in [6, 6.07) is 14.4. The standard InChI is InChI=1S/C24H26N4O2/c1-15-10-11-22-19(12-15)18-6-5-8-21(26-30)24(18)28(22)14-17(29)13-27-16(2)25-20-7-3-4-9-23(20)27/h3-4,7,9-12,17,29-30H,5-6,8,13-14H2,1-2H3/b26-21+/t17-/m1/s1. The van der Waals surface area contributed by atoms with Gasteiger partial charge in [0.25, 0.3) is 0 Å². The Morgan fingerprint density at radius 3 is 2.67 bits per heavy atom. The minimum absolute atomic E-state index is 0.430. The van der Waals surface area contributed by atoms with E-state index >= 15 is 0 Å². The average Bonchev–Trinajstić information content (AvgIpc) is 3.22. The van der Waals surface area contributed by atoms with Crippen molar-refractivity contribution >= 4 is 27.6 Å². The maximum Gasteiger partial charge on any atom is 0.106 e. The predicted octanol–water partition coefficient (Wildman–Crippen LogP) is 4.18. The zero-order valence-corrected chi connectivity index (χ0v) is 17.3. The summed E-state index contributed by atoms with van der Waals surface area (Å²) in [5.41, 5.74) is 7.16. The molecule has 0 saturated carbocycles. The van der Waals surface area contributed by atoms with Crippen LogP contribution in [0.4, 0.5) is 0 Å². The van der Waals surface area contributed by atoms with Gasteiger partial charge in [0, 0.05) is 10.9 Å². The zero-order chi connectivity index (χ0) is 20.8. The van der Waals surface area contributed by atoms with E-state index in [9.17, 15) is 10.3 Å². The smallest absolute Gasteiger partial charge is 0.106 e. The highest BCUT2D eigenvalue weighted by Crippen LogP contribution is 2.33. The van der Waals surface area contributed by atoms with Crippen LogP contribution in [0.1, 0.15) is 35.5 Å². The first-order valence-electron chi connectivity index (χ1n) is 10.5. The van der Waals surface area contributed by atoms with Crippen LogP contribution in [0.5, 0.6) is 0 Å². The number of aryl methyl sites for hydroxylation is 3. The number of para-hydroxylation sites is 2. The molecule has 2 aromatic heterocycles. The fourth-order valence-electron chi connectivity index (χ4n) is 4.86. The maximum absolute atomic E-state index is 11.1. The van der Waals surface area contributed by atoms with Gasteiger partial charge in [-0.3, -0.25) is 0 Å². The number of hydrogen-bond acceptors (Lipinski definition) is 4. The van der Waals surface area contributed by atoms with E-state index in [1.165, 1.54) is 16.5 Å². The lowest BCUT2D eigenvalue weighted by Gasteiger charge is -2.20. The van der Waals surface area contributed by atoms with E-state index in [-0.39, 0.29) is 0 Å². The van der Waals surface area contributed by atoms with E-state index in [0.29, 0.717) is 18.8 Å². The molecular weight excluding hydrogens is 376 g/mol. The summed E-state index contributed by atoms with van der Waals surface area (Å²) in [4.78, 5) is 4.61. The van der Waals surface area contributed by atoms with Gasteiger partial charge in [0.15, 0.2) is 0 Å². The first-order valence-corrected chi connectivity index (χ1v) is 10.5. The van der Waals surface area contributed by atoms with Crippen LogP contribution in [0.2, 0.25) is 0 Å². The molecule has 1 aliphatic carbocycles. The van der Waals surface area contributed by atoms with Gasteiger partial charge < -0.3 is 19.4 Å². The second kappa shape index (κ2) is 7.29. The molecule has 2 N–H and O–H groups in total. The minimum Gasteiger partial charge on any atom is -0.411 e. The number of benzene rings is 2. The molecule has 0 radical (unpaired) electrons. The number of rotatable bonds is 4. The van der Waals surface area contributed by atoms with Crippen LogP contribution in [0, 0.1) is 13.8 Å². The van der Waals surface area contributed by atoms with Gasteiger partial charge in [0.05, 0.1) is 35.9 Å². The van der Waals surface area contributed by atoms with Gasteiger partial charge in [-0.15, -0.1) is 0 Å². The Morgan fingerprint density at radius 2 is 1.83 bits per heavy atom. The van der Waals surface area contributed by atoms with Crippen LogP contribution >= 0.6 is 0 Å². The van der Waals surface area contributed by atoms with Crippen molar-refractivity contribution in [2.24, 2.45) is 5.16 Å². The van der Waals surface area contributed by atoms with Crippen molar-refractivity contribution in [1.29, 1.82) is 0 Å². The molecule has 1 atom stereocenters. The number of aliphatic hydroxyl groups excluding tert-OH is 1. The molecule has 6 nitrogen and oxygen atoms in total. The lowest BCUT2D eigenvalue weighted by molar-refractivity contribution is 0.136. The fraction of sp³-hybridized carbons (Fsp3) is 0.333. The molecule has 2 heterocycles. The Morgan fingerprint density at radius 1 is 1.03 bits per heavy atom. The Hall–Kier alpha value is -3.12. The third-order valence-corrected chi connectivity index (χ3v) is 6.19. The van der Waals surface area contributed by atoms with Crippen molar-refractivity contribution in [3.63, 3.8) is 0 Å². The number of oxime groups is 1. The summed E-state index contributed by atoms with van der Waals surface area (Å²) >= 11 is 0. The predicted molar refractivity (Wildman–Crippen MR) is 118 cm³/mol. The molecular formula is C24H26N4O2. The van der Waals surface area contributed by atoms with Crippen LogP contribution in [-0.2, 0) is 19.5 Å². The van der Waals surface area contributed by atoms with Crippen LogP contribution in [0.3, 0.4) is 0 Å². The molecule has 1 aliphatic rings. The molecule has 0 amide bonds. The van der Waals surface area contributed by atoms with Gasteiger partial charge in [0.2, 0.25) is 0 Å². The number of hydrogen-bond donors (Lipinski definition) is 2. The highest BCUT2D eigenvalue weighted by Gasteiger charge is 2.26. The van der Waals surface area contributed by atoms with E-state index < -0.39 is 6.10 Å². The topological polar surface area (TPSA) is 75.6 Å². The first-order chi connectivity index (χ1) is 14.6. The van der Waals surface area contributed by atoms with E-state index in [1.54, 1.807) is 0 Å². The highest BCUT2D eigenvalue weighted by atomic mass is 16.4. The van der Waals surface area contributed by atoms with Crippen molar-refractivity contribution in [2.45, 2.75) is 52.3 Å². The molecule has 0 unspecified atom stereocenters. The summed E-state index contributed by atoms with van der Waals surface area (Å²) in [6.45, 7) is 4.95. The Kier molecular flexibility index (Phi) is 4.59. The maximum atomic E-state index is 11.1. The molecule has 6 heteroatoms. The van der Waals surface area contributed by atoms with Crippen LogP contribution < -0.4 is 0 Å². The van der Waals surface area contributed by atoms with Gasteiger partial charge in [-0.1, -0.05) is 28.9 Å². The molecule has 30 heavy (non-hydrogen) atoms. The van der Waals surface area contributed by atoms with Crippen LogP contribution in [0.25, 0.3) is 21.9 Å². The fourth-order valence-corrected chi connectivity index (χ4v) is 4.86. The average molecular weight is 402 g/mol. The minimum atomic E-state index is -0.607. The van der Waals surface area contributed by atoms with E-state index in [0.717, 1.165) is 47.3 Å². The number of aromatic nitrogens is 3. The van der Waals surface area contributed by atoms with Crippen molar-refractivity contribution in [1.82, 2.24) is 14.1 Å². The van der Waals surface area contributed by atoms with Gasteiger partial charge in [-0.2, -0.15) is 0 Å². The second-order valence-corrected chi connectivity index (χ2v) is 8.27. The summed E-state index contributed by atoms with van der Waals surface area (Å²) in [5.74, 6) is 0.892. The summed E-state index contributed by atoms with van der Waals surface area (Å²) in [7, 11) is 0. The van der Waals surface area contributed by atoms with Gasteiger partial charge in [-0.05, 0) is 62.9 Å². The van der Waals surface area contributed by atoms with E-state index in [4.69, 9.17) is 0 Å². The lowest BCUT2D eigenvalue weighted by Crippen LogP contribution is -2.26. The van der Waals surface area contributed by atoms with Crippen LogP contribution in [-0.4, -0.2) is 36.2 Å². The summed E-state index contributed by atoms with van der Waals surface area (Å²) < 4.78 is 4.21. The SMILES string of the molecule is Cc1ccc2c(c1)c1c(n2C[C@H](O)Cn2c(C)nc3ccccc32)/C(=N/O)CCC1. The number of imidazole rings is 1. The summed E-state index contributed by atoms with van der Waals surface area (Å²) in [5, 5.41) is 25.5. The van der Waals surface area contributed by atoms with E-state index in [2.05, 4.69) is 44.4 Å². The Bertz CT molecular complexity index is 1280. The summed E-state index contributed by atoms with van der Waals surface area (Å²) in [6.07, 6.45) is 2.08. The quantitative estimate of drug-likeness (QED) is 0.397. The van der Waals surface area contributed by atoms with Gasteiger partial charge in [-0.25, -0.2) is 4.98 Å². The molecule has 0 fully saturated rings. The third kappa shape index (κ3) is 2.99. The Labute approximate surface area is 175 Å². The van der Waals surface area contributed by atoms with Crippen molar-refractivity contribution < 1.29 is 10.3 Å². The first kappa shape index (κ1) is 18.9. The molecule has 154 valence electrons. The normalized spacial score (nSPS) is 16.4. The van der Waals surface area contributed by atoms with Gasteiger partial charge in [0.1, 0.15) is 11.5 Å². The molecule has 5 rings (SSSR count). The number of aliphatic hydroxyl groups is 1. The van der Waals surface area contributed by atoms with Crippen molar-refractivity contribution in [2.75, 3.05) is 0 Å². The Balaban J connectivity index is 1.56. The molecule has 0 bridgehead atoms. The van der Waals surface area contributed by atoms with Gasteiger partial charge >= 0.3 is 0 Å². The molecule has 4 aromatic rings. The van der Waals surface area contributed by atoms with E-state index in [1.807, 2.05) is 31.2 Å². The van der Waals surface area contributed by atoms with Crippen molar-refractivity contribution in [3.8, 4) is 0 Å². The third-order valence-electron chi connectivity index (χ3n) is 6.19. The molecule has 0 aliphatic heterocycles. The number of fused-ring (bicyclic) bond motifs is 4. The molecule has 0 spiro atoms.